The van der Waals surface area contributed by atoms with Crippen molar-refractivity contribution in [2.45, 2.75) is 4.90 Å². The molecule has 8 heteroatoms. The molecular weight excluding hydrogens is 400 g/mol. The van der Waals surface area contributed by atoms with E-state index < -0.39 is 10.0 Å². The number of nitrogens with one attached hydrogen (secondary N) is 2. The number of ether oxygens (including phenoxy) is 1. The SMILES string of the molecule is COc1cccc(C(=O)Nc2cccc(S(=O)(=O)Nc3ccccc3Cl)c2)c1. The fourth-order valence-electron chi connectivity index (χ4n) is 2.46. The molecule has 0 fully saturated rings. The van der Waals surface area contributed by atoms with Gasteiger partial charge in [0.2, 0.25) is 0 Å². The normalized spacial score (nSPS) is 10.9. The van der Waals surface area contributed by atoms with Gasteiger partial charge in [-0.25, -0.2) is 8.42 Å². The van der Waals surface area contributed by atoms with E-state index in [2.05, 4.69) is 10.0 Å². The molecule has 144 valence electrons. The number of halogens is 1. The molecule has 0 unspecified atom stereocenters. The first-order valence-corrected chi connectivity index (χ1v) is 10.1. The maximum Gasteiger partial charge on any atom is 0.262 e. The fraction of sp³-hybridized carbons (Fsp3) is 0.0500. The molecule has 6 nitrogen and oxygen atoms in total. The first kappa shape index (κ1) is 19.7. The third-order valence-electron chi connectivity index (χ3n) is 3.85. The number of carbonyl (C=O) groups excluding carboxylic acids is 1. The molecule has 0 radical (unpaired) electrons. The number of para-hydroxylation sites is 1. The van der Waals surface area contributed by atoms with Crippen molar-refractivity contribution in [1.82, 2.24) is 0 Å². The van der Waals surface area contributed by atoms with Crippen LogP contribution < -0.4 is 14.8 Å². The van der Waals surface area contributed by atoms with E-state index in [1.165, 1.54) is 19.2 Å². The lowest BCUT2D eigenvalue weighted by Crippen LogP contribution is -2.15. The second-order valence-corrected chi connectivity index (χ2v) is 7.89. The monoisotopic (exact) mass is 416 g/mol. The van der Waals surface area contributed by atoms with Crippen molar-refractivity contribution in [2.75, 3.05) is 17.1 Å². The first-order valence-electron chi connectivity index (χ1n) is 8.22. The Morgan fingerprint density at radius 3 is 2.46 bits per heavy atom. The molecule has 0 atom stereocenters. The maximum absolute atomic E-state index is 12.6. The molecule has 0 spiro atoms. The lowest BCUT2D eigenvalue weighted by molar-refractivity contribution is 0.102. The number of anilines is 2. The molecular formula is C20H17ClN2O4S. The zero-order valence-corrected chi connectivity index (χ0v) is 16.4. The topological polar surface area (TPSA) is 84.5 Å². The van der Waals surface area contributed by atoms with Crippen molar-refractivity contribution in [3.63, 3.8) is 0 Å². The first-order chi connectivity index (χ1) is 13.4. The van der Waals surface area contributed by atoms with E-state index in [9.17, 15) is 13.2 Å². The maximum atomic E-state index is 12.6. The highest BCUT2D eigenvalue weighted by Gasteiger charge is 2.17. The van der Waals surface area contributed by atoms with Gasteiger partial charge in [-0.05, 0) is 48.5 Å². The highest BCUT2D eigenvalue weighted by atomic mass is 35.5. The molecule has 1 amide bonds. The number of amides is 1. The molecule has 0 aliphatic carbocycles. The molecule has 3 aromatic rings. The van der Waals surface area contributed by atoms with Crippen LogP contribution in [0.2, 0.25) is 5.02 Å². The van der Waals surface area contributed by atoms with Crippen LogP contribution in [-0.4, -0.2) is 21.4 Å². The Morgan fingerprint density at radius 2 is 1.71 bits per heavy atom. The summed E-state index contributed by atoms with van der Waals surface area (Å²) in [6, 6.07) is 19.1. The van der Waals surface area contributed by atoms with Gasteiger partial charge in [-0.2, -0.15) is 0 Å². The number of rotatable bonds is 6. The smallest absolute Gasteiger partial charge is 0.262 e. The van der Waals surface area contributed by atoms with E-state index >= 15 is 0 Å². The average molecular weight is 417 g/mol. The lowest BCUT2D eigenvalue weighted by atomic mass is 10.2. The van der Waals surface area contributed by atoms with E-state index in [4.69, 9.17) is 16.3 Å². The van der Waals surface area contributed by atoms with Crippen molar-refractivity contribution >= 4 is 38.9 Å². The van der Waals surface area contributed by atoms with Gasteiger partial charge in [0.05, 0.1) is 22.7 Å². The molecule has 0 aliphatic rings. The summed E-state index contributed by atoms with van der Waals surface area (Å²) in [4.78, 5) is 12.4. The molecule has 2 N–H and O–H groups in total. The quantitative estimate of drug-likeness (QED) is 0.623. The van der Waals surface area contributed by atoms with Crippen LogP contribution in [0.3, 0.4) is 0 Å². The lowest BCUT2D eigenvalue weighted by Gasteiger charge is -2.11. The van der Waals surface area contributed by atoms with Crippen molar-refractivity contribution in [3.8, 4) is 5.75 Å². The molecule has 0 saturated heterocycles. The zero-order chi connectivity index (χ0) is 20.1. The minimum Gasteiger partial charge on any atom is -0.497 e. The summed E-state index contributed by atoms with van der Waals surface area (Å²) in [5.74, 6) is 0.167. The van der Waals surface area contributed by atoms with Gasteiger partial charge in [0.15, 0.2) is 0 Å². The van der Waals surface area contributed by atoms with E-state index in [-0.39, 0.29) is 21.5 Å². The summed E-state index contributed by atoms with van der Waals surface area (Å²) in [5, 5.41) is 2.97. The minimum atomic E-state index is -3.88. The van der Waals surface area contributed by atoms with Gasteiger partial charge < -0.3 is 10.1 Å². The highest BCUT2D eigenvalue weighted by molar-refractivity contribution is 7.92. The number of carbonyl (C=O) groups is 1. The molecule has 0 aliphatic heterocycles. The molecule has 3 aromatic carbocycles. The number of hydrogen-bond donors (Lipinski definition) is 2. The Morgan fingerprint density at radius 1 is 0.964 bits per heavy atom. The summed E-state index contributed by atoms with van der Waals surface area (Å²) in [6.45, 7) is 0. The standard InChI is InChI=1S/C20H17ClN2O4S/c1-27-16-8-4-6-14(12-16)20(24)22-15-7-5-9-17(13-15)28(25,26)23-19-11-3-2-10-18(19)21/h2-13,23H,1H3,(H,22,24). The van der Waals surface area contributed by atoms with E-state index in [0.29, 0.717) is 17.0 Å². The molecule has 28 heavy (non-hydrogen) atoms. The van der Waals surface area contributed by atoms with Crippen LogP contribution in [0.5, 0.6) is 5.75 Å². The Kier molecular flexibility index (Phi) is 5.87. The fourth-order valence-corrected chi connectivity index (χ4v) is 3.82. The van der Waals surface area contributed by atoms with E-state index in [0.717, 1.165) is 0 Å². The average Bonchev–Trinajstić information content (AvgIpc) is 2.70. The van der Waals surface area contributed by atoms with E-state index in [1.54, 1.807) is 60.7 Å². The third-order valence-corrected chi connectivity index (χ3v) is 5.55. The van der Waals surface area contributed by atoms with Gasteiger partial charge in [-0.15, -0.1) is 0 Å². The van der Waals surface area contributed by atoms with Crippen molar-refractivity contribution in [2.24, 2.45) is 0 Å². The van der Waals surface area contributed by atoms with Crippen molar-refractivity contribution < 1.29 is 17.9 Å². The van der Waals surface area contributed by atoms with E-state index in [1.807, 2.05) is 0 Å². The summed E-state index contributed by atoms with van der Waals surface area (Å²) in [7, 11) is -2.36. The Balaban J connectivity index is 1.81. The van der Waals surface area contributed by atoms with Crippen molar-refractivity contribution in [1.29, 1.82) is 0 Å². The van der Waals surface area contributed by atoms with Crippen LogP contribution in [-0.2, 0) is 10.0 Å². The molecule has 0 heterocycles. The number of sulfonamides is 1. The molecule has 0 aromatic heterocycles. The van der Waals surface area contributed by atoms with Crippen LogP contribution in [0, 0.1) is 0 Å². The highest BCUT2D eigenvalue weighted by Crippen LogP contribution is 2.25. The Labute approximate surface area is 168 Å². The van der Waals surface area contributed by atoms with Gasteiger partial charge in [0, 0.05) is 11.3 Å². The Bertz CT molecular complexity index is 1120. The van der Waals surface area contributed by atoms with Gasteiger partial charge in [0.1, 0.15) is 5.75 Å². The molecule has 0 bridgehead atoms. The predicted molar refractivity (Wildman–Crippen MR) is 110 cm³/mol. The van der Waals surface area contributed by atoms with Gasteiger partial charge in [0.25, 0.3) is 15.9 Å². The van der Waals surface area contributed by atoms with Crippen LogP contribution in [0.15, 0.2) is 77.7 Å². The van der Waals surface area contributed by atoms with Gasteiger partial charge >= 0.3 is 0 Å². The largest absolute Gasteiger partial charge is 0.497 e. The second kappa shape index (κ2) is 8.33. The second-order valence-electron chi connectivity index (χ2n) is 5.80. The van der Waals surface area contributed by atoms with Gasteiger partial charge in [-0.1, -0.05) is 35.9 Å². The summed E-state index contributed by atoms with van der Waals surface area (Å²) >= 11 is 6.02. The summed E-state index contributed by atoms with van der Waals surface area (Å²) in [5.41, 5.74) is 1.01. The van der Waals surface area contributed by atoms with Crippen LogP contribution in [0.1, 0.15) is 10.4 Å². The zero-order valence-electron chi connectivity index (χ0n) is 14.8. The summed E-state index contributed by atoms with van der Waals surface area (Å²) < 4.78 is 32.8. The number of methoxy groups -OCH3 is 1. The molecule has 0 saturated carbocycles. The van der Waals surface area contributed by atoms with Crippen LogP contribution >= 0.6 is 11.6 Å². The predicted octanol–water partition coefficient (Wildman–Crippen LogP) is 4.40. The number of hydrogen-bond acceptors (Lipinski definition) is 4. The van der Waals surface area contributed by atoms with Gasteiger partial charge in [-0.3, -0.25) is 9.52 Å². The summed E-state index contributed by atoms with van der Waals surface area (Å²) in [6.07, 6.45) is 0. The minimum absolute atomic E-state index is 0.00383. The van der Waals surface area contributed by atoms with Crippen LogP contribution in [0.4, 0.5) is 11.4 Å². The molecule has 3 rings (SSSR count). The number of benzene rings is 3. The Hall–Kier alpha value is -3.03. The third kappa shape index (κ3) is 4.62. The van der Waals surface area contributed by atoms with Crippen molar-refractivity contribution in [3.05, 3.63) is 83.4 Å². The van der Waals surface area contributed by atoms with Crippen LogP contribution in [0.25, 0.3) is 0 Å².